The number of nitrogens with one attached hydrogen (secondary N) is 2. The van der Waals surface area contributed by atoms with Crippen LogP contribution in [0.4, 0.5) is 15.2 Å². The molecule has 2 aromatic rings. The molecular formula is C17H21FN4OS. The van der Waals surface area contributed by atoms with E-state index in [-0.39, 0.29) is 5.56 Å². The maximum atomic E-state index is 14.1. The lowest BCUT2D eigenvalue weighted by molar-refractivity contribution is 0.102. The first-order chi connectivity index (χ1) is 11.5. The van der Waals surface area contributed by atoms with E-state index in [1.807, 2.05) is 20.3 Å². The van der Waals surface area contributed by atoms with Gasteiger partial charge in [-0.2, -0.15) is 0 Å². The fourth-order valence-corrected chi connectivity index (χ4v) is 3.75. The largest absolute Gasteiger partial charge is 0.378 e. The van der Waals surface area contributed by atoms with Gasteiger partial charge in [0.2, 0.25) is 0 Å². The Morgan fingerprint density at radius 1 is 1.38 bits per heavy atom. The second kappa shape index (κ2) is 7.27. The van der Waals surface area contributed by atoms with Crippen molar-refractivity contribution in [2.24, 2.45) is 0 Å². The number of benzene rings is 1. The lowest BCUT2D eigenvalue weighted by atomic mass is 9.97. The van der Waals surface area contributed by atoms with Gasteiger partial charge in [0.25, 0.3) is 5.91 Å². The number of rotatable bonds is 4. The van der Waals surface area contributed by atoms with E-state index in [1.54, 1.807) is 11.0 Å². The van der Waals surface area contributed by atoms with Crippen LogP contribution in [0.2, 0.25) is 0 Å². The highest BCUT2D eigenvalue weighted by atomic mass is 32.1. The summed E-state index contributed by atoms with van der Waals surface area (Å²) in [6, 6.07) is 4.58. The van der Waals surface area contributed by atoms with Crippen molar-refractivity contribution in [1.29, 1.82) is 0 Å². The molecule has 0 saturated carbocycles. The lowest BCUT2D eigenvalue weighted by Crippen LogP contribution is -2.26. The normalized spacial score (nSPS) is 15.3. The third-order valence-electron chi connectivity index (χ3n) is 4.20. The molecular weight excluding hydrogens is 327 g/mol. The number of thiazole rings is 1. The monoisotopic (exact) mass is 348 g/mol. The number of anilines is 2. The van der Waals surface area contributed by atoms with Crippen molar-refractivity contribution >= 4 is 28.1 Å². The summed E-state index contributed by atoms with van der Waals surface area (Å²) >= 11 is 1.47. The topological polar surface area (TPSA) is 57.3 Å². The molecule has 1 amide bonds. The van der Waals surface area contributed by atoms with Gasteiger partial charge in [-0.05, 0) is 50.0 Å². The fourth-order valence-electron chi connectivity index (χ4n) is 2.77. The van der Waals surface area contributed by atoms with E-state index in [9.17, 15) is 9.18 Å². The van der Waals surface area contributed by atoms with Crippen LogP contribution in [0.15, 0.2) is 24.4 Å². The first-order valence-electron chi connectivity index (χ1n) is 7.99. The molecule has 1 saturated heterocycles. The van der Waals surface area contributed by atoms with Gasteiger partial charge in [-0.3, -0.25) is 10.1 Å². The van der Waals surface area contributed by atoms with E-state index in [0.29, 0.717) is 16.7 Å². The average Bonchev–Trinajstić information content (AvgIpc) is 3.03. The number of nitrogens with zero attached hydrogens (tertiary/aromatic N) is 2. The molecule has 2 N–H and O–H groups in total. The van der Waals surface area contributed by atoms with Crippen LogP contribution in [-0.4, -0.2) is 38.1 Å². The van der Waals surface area contributed by atoms with E-state index in [0.717, 1.165) is 25.9 Å². The lowest BCUT2D eigenvalue weighted by Gasteiger charge is -2.20. The van der Waals surface area contributed by atoms with E-state index < -0.39 is 11.7 Å². The van der Waals surface area contributed by atoms with Crippen molar-refractivity contribution in [3.8, 4) is 0 Å². The van der Waals surface area contributed by atoms with Gasteiger partial charge in [-0.1, -0.05) is 0 Å². The number of halogens is 1. The second-order valence-electron chi connectivity index (χ2n) is 6.10. The molecule has 2 heterocycles. The molecule has 24 heavy (non-hydrogen) atoms. The number of hydrogen-bond donors (Lipinski definition) is 2. The van der Waals surface area contributed by atoms with E-state index in [4.69, 9.17) is 0 Å². The predicted molar refractivity (Wildman–Crippen MR) is 95.6 cm³/mol. The van der Waals surface area contributed by atoms with Crippen molar-refractivity contribution in [2.45, 2.75) is 18.8 Å². The van der Waals surface area contributed by atoms with Crippen LogP contribution in [0.25, 0.3) is 0 Å². The second-order valence-corrected chi connectivity index (χ2v) is 7.17. The standard InChI is InChI=1S/C17H21FN4OS/c1-22(2)12-3-4-13(14(18)9-12)16(23)21-17-20-10-15(24-17)11-5-7-19-8-6-11/h3-4,9-11,19H,5-8H2,1-2H3,(H,20,21,23). The summed E-state index contributed by atoms with van der Waals surface area (Å²) in [4.78, 5) is 19.5. The summed E-state index contributed by atoms with van der Waals surface area (Å²) in [5.41, 5.74) is 0.741. The maximum absolute atomic E-state index is 14.1. The molecule has 1 aromatic carbocycles. The Kier molecular flexibility index (Phi) is 5.11. The highest BCUT2D eigenvalue weighted by Gasteiger charge is 2.19. The minimum Gasteiger partial charge on any atom is -0.378 e. The van der Waals surface area contributed by atoms with Crippen LogP contribution in [0.1, 0.15) is 34.0 Å². The number of amides is 1. The minimum atomic E-state index is -0.533. The van der Waals surface area contributed by atoms with Gasteiger partial charge in [0.15, 0.2) is 5.13 Å². The average molecular weight is 348 g/mol. The summed E-state index contributed by atoms with van der Waals surface area (Å²) in [6.07, 6.45) is 3.98. The first kappa shape index (κ1) is 16.9. The Labute approximate surface area is 144 Å². The Morgan fingerprint density at radius 3 is 2.79 bits per heavy atom. The smallest absolute Gasteiger partial charge is 0.260 e. The molecule has 1 fully saturated rings. The Hall–Kier alpha value is -1.99. The van der Waals surface area contributed by atoms with Gasteiger partial charge in [0, 0.05) is 30.9 Å². The van der Waals surface area contributed by atoms with Gasteiger partial charge in [-0.25, -0.2) is 9.37 Å². The highest BCUT2D eigenvalue weighted by Crippen LogP contribution is 2.32. The number of carbonyl (C=O) groups excluding carboxylic acids is 1. The Morgan fingerprint density at radius 2 is 2.12 bits per heavy atom. The van der Waals surface area contributed by atoms with Gasteiger partial charge in [-0.15, -0.1) is 11.3 Å². The zero-order chi connectivity index (χ0) is 17.1. The summed E-state index contributed by atoms with van der Waals surface area (Å²) in [5.74, 6) is -0.511. The van der Waals surface area contributed by atoms with Crippen molar-refractivity contribution in [2.75, 3.05) is 37.4 Å². The Bertz CT molecular complexity index is 725. The quantitative estimate of drug-likeness (QED) is 0.892. The maximum Gasteiger partial charge on any atom is 0.260 e. The van der Waals surface area contributed by atoms with Crippen LogP contribution in [-0.2, 0) is 0 Å². The number of piperidine rings is 1. The minimum absolute atomic E-state index is 0.0271. The van der Waals surface area contributed by atoms with E-state index in [1.165, 1.54) is 28.3 Å². The zero-order valence-electron chi connectivity index (χ0n) is 13.8. The van der Waals surface area contributed by atoms with Crippen LogP contribution < -0.4 is 15.5 Å². The van der Waals surface area contributed by atoms with Crippen molar-refractivity contribution < 1.29 is 9.18 Å². The van der Waals surface area contributed by atoms with Crippen LogP contribution in [0.5, 0.6) is 0 Å². The summed E-state index contributed by atoms with van der Waals surface area (Å²) in [7, 11) is 3.65. The molecule has 128 valence electrons. The van der Waals surface area contributed by atoms with E-state index >= 15 is 0 Å². The van der Waals surface area contributed by atoms with Crippen LogP contribution in [0.3, 0.4) is 0 Å². The van der Waals surface area contributed by atoms with Crippen molar-refractivity contribution in [3.05, 3.63) is 40.7 Å². The molecule has 0 atom stereocenters. The Balaban J connectivity index is 1.70. The SMILES string of the molecule is CN(C)c1ccc(C(=O)Nc2ncc(C3CCNCC3)s2)c(F)c1. The molecule has 1 aromatic heterocycles. The fraction of sp³-hybridized carbons (Fsp3) is 0.412. The van der Waals surface area contributed by atoms with Gasteiger partial charge < -0.3 is 10.2 Å². The van der Waals surface area contributed by atoms with Crippen LogP contribution in [0, 0.1) is 5.82 Å². The number of hydrogen-bond acceptors (Lipinski definition) is 5. The predicted octanol–water partition coefficient (Wildman–Crippen LogP) is 3.07. The molecule has 7 heteroatoms. The molecule has 0 radical (unpaired) electrons. The van der Waals surface area contributed by atoms with Crippen LogP contribution >= 0.6 is 11.3 Å². The summed E-state index contributed by atoms with van der Waals surface area (Å²) in [6.45, 7) is 2.02. The van der Waals surface area contributed by atoms with Gasteiger partial charge in [0.05, 0.1) is 5.56 Å². The molecule has 5 nitrogen and oxygen atoms in total. The third-order valence-corrected chi connectivity index (χ3v) is 5.27. The first-order valence-corrected chi connectivity index (χ1v) is 8.81. The number of carbonyl (C=O) groups is 1. The molecule has 0 aliphatic carbocycles. The molecule has 0 spiro atoms. The van der Waals surface area contributed by atoms with E-state index in [2.05, 4.69) is 15.6 Å². The third kappa shape index (κ3) is 3.73. The molecule has 3 rings (SSSR count). The highest BCUT2D eigenvalue weighted by molar-refractivity contribution is 7.15. The summed E-state index contributed by atoms with van der Waals surface area (Å²) in [5, 5.41) is 6.56. The van der Waals surface area contributed by atoms with Crippen molar-refractivity contribution in [1.82, 2.24) is 10.3 Å². The molecule has 0 unspecified atom stereocenters. The van der Waals surface area contributed by atoms with Gasteiger partial charge in [0.1, 0.15) is 5.82 Å². The van der Waals surface area contributed by atoms with Crippen molar-refractivity contribution in [3.63, 3.8) is 0 Å². The summed E-state index contributed by atoms with van der Waals surface area (Å²) < 4.78 is 14.1. The zero-order valence-corrected chi connectivity index (χ0v) is 14.6. The van der Waals surface area contributed by atoms with Gasteiger partial charge >= 0.3 is 0 Å². The molecule has 1 aliphatic heterocycles. The molecule has 0 bridgehead atoms. The number of aromatic nitrogens is 1. The molecule has 1 aliphatic rings.